The van der Waals surface area contributed by atoms with Crippen molar-refractivity contribution in [3.63, 3.8) is 0 Å². The summed E-state index contributed by atoms with van der Waals surface area (Å²) in [6.45, 7) is 4.03. The van der Waals surface area contributed by atoms with E-state index in [1.165, 1.54) is 12.1 Å². The third-order valence-electron chi connectivity index (χ3n) is 9.29. The molecule has 0 aliphatic heterocycles. The van der Waals surface area contributed by atoms with Crippen LogP contribution in [0.4, 0.5) is 0 Å². The minimum atomic E-state index is -4.04. The van der Waals surface area contributed by atoms with Crippen molar-refractivity contribution in [3.8, 4) is 43.5 Å². The first kappa shape index (κ1) is 15.8. The monoisotopic (exact) mass is 713 g/mol. The number of hydrogen-bond donors (Lipinski definition) is 0. The fraction of sp³-hybridized carbons (Fsp3) is 0.341. The second kappa shape index (κ2) is 12.6. The van der Waals surface area contributed by atoms with Crippen LogP contribution in [0.25, 0.3) is 53.2 Å². The summed E-state index contributed by atoms with van der Waals surface area (Å²) in [4.78, 5) is 0. The number of aryl methyl sites for hydroxylation is 1. The molecule has 0 N–H and O–H groups in total. The number of rotatable bonds is 5. The zero-order valence-electron chi connectivity index (χ0n) is 46.1. The van der Waals surface area contributed by atoms with Crippen LogP contribution in [0.15, 0.2) is 78.9 Å². The van der Waals surface area contributed by atoms with E-state index in [0.29, 0.717) is 16.4 Å². The van der Waals surface area contributed by atoms with Crippen molar-refractivity contribution < 1.29 is 27.4 Å². The molecule has 9 rings (SSSR count). The van der Waals surface area contributed by atoms with Crippen LogP contribution in [0.3, 0.4) is 0 Å². The number of hydrogen-bond acceptors (Lipinski definition) is 3. The Morgan fingerprint density at radius 2 is 1.42 bits per heavy atom. The molecule has 6 aromatic rings. The van der Waals surface area contributed by atoms with Crippen LogP contribution >= 0.6 is 0 Å². The predicted octanol–water partition coefficient (Wildman–Crippen LogP) is 11.4. The van der Waals surface area contributed by atoms with Gasteiger partial charge in [-0.1, -0.05) is 0 Å². The van der Waals surface area contributed by atoms with Crippen molar-refractivity contribution in [2.75, 3.05) is 0 Å². The zero-order chi connectivity index (χ0) is 50.1. The maximum absolute atomic E-state index is 10.2. The van der Waals surface area contributed by atoms with Gasteiger partial charge in [-0.2, -0.15) is 0 Å². The summed E-state index contributed by atoms with van der Waals surface area (Å²) in [5.41, 5.74) is 4.96. The van der Waals surface area contributed by atoms with Crippen LogP contribution in [-0.2, 0) is 6.42 Å². The Hall–Kier alpha value is -3.85. The third kappa shape index (κ3) is 5.03. The Labute approximate surface area is 318 Å². The summed E-state index contributed by atoms with van der Waals surface area (Å²) in [7, 11) is 0. The van der Waals surface area contributed by atoms with Gasteiger partial charge < -0.3 is 0 Å². The van der Waals surface area contributed by atoms with Crippen LogP contribution in [-0.4, -0.2) is 29.9 Å². The van der Waals surface area contributed by atoms with Crippen molar-refractivity contribution in [3.05, 3.63) is 112 Å². The molecule has 2 fully saturated rings. The Kier molecular flexibility index (Phi) is 4.13. The first-order valence-corrected chi connectivity index (χ1v) is 17.4. The van der Waals surface area contributed by atoms with Gasteiger partial charge >= 0.3 is 319 Å². The molecule has 2 saturated carbocycles. The van der Waals surface area contributed by atoms with Gasteiger partial charge in [0.05, 0.1) is 0 Å². The SMILES string of the molecule is [2H]C1C([2H])([2H])C([2H])([2H])C([2H])([2H])C([2H])([2H])C1([2H])c1nnnc(-c2ccccc2-c2[se]c3ccccc3c2-c2c(C)c(C)cc3c2Cc2ccccc2-3)c1C1([2H])C([2H])C([2H])([2H])C([2H])([2H])C([2H])([2H])C1([2H])[2H]. The fourth-order valence-corrected chi connectivity index (χ4v) is 9.63. The second-order valence-corrected chi connectivity index (χ2v) is 14.1. The maximum atomic E-state index is 10.2. The summed E-state index contributed by atoms with van der Waals surface area (Å²) in [5, 5.41) is 12.8. The third-order valence-corrected chi connectivity index (χ3v) is 11.8. The predicted molar refractivity (Wildman–Crippen MR) is 200 cm³/mol. The van der Waals surface area contributed by atoms with Gasteiger partial charge in [-0.3, -0.25) is 0 Å². The Balaban J connectivity index is 1.43. The van der Waals surface area contributed by atoms with E-state index in [2.05, 4.69) is 33.6 Å². The van der Waals surface area contributed by atoms with Crippen molar-refractivity contribution in [1.29, 1.82) is 0 Å². The molecule has 4 heteroatoms. The average Bonchev–Trinajstić information content (AvgIpc) is 3.85. The van der Waals surface area contributed by atoms with Crippen molar-refractivity contribution >= 4 is 24.1 Å². The van der Waals surface area contributed by atoms with Gasteiger partial charge in [0.25, 0.3) is 0 Å². The van der Waals surface area contributed by atoms with Crippen molar-refractivity contribution in [1.82, 2.24) is 15.4 Å². The Morgan fingerprint density at radius 1 is 0.708 bits per heavy atom. The molecular formula is C44H43N3Se. The van der Waals surface area contributed by atoms with Gasteiger partial charge in [-0.15, -0.1) is 0 Å². The van der Waals surface area contributed by atoms with Gasteiger partial charge in [-0.05, 0) is 0 Å². The molecule has 0 radical (unpaired) electrons. The van der Waals surface area contributed by atoms with Crippen LogP contribution in [0, 0.1) is 13.8 Å². The Morgan fingerprint density at radius 3 is 2.27 bits per heavy atom. The van der Waals surface area contributed by atoms with Crippen molar-refractivity contribution in [2.45, 2.75) is 95.8 Å². The molecule has 3 nitrogen and oxygen atoms in total. The molecule has 4 atom stereocenters. The van der Waals surface area contributed by atoms with Crippen LogP contribution in [0.2, 0.25) is 0 Å². The molecule has 4 aromatic carbocycles. The Bertz CT molecular complexity index is 3100. The van der Waals surface area contributed by atoms with Crippen molar-refractivity contribution in [2.24, 2.45) is 0 Å². The van der Waals surface area contributed by atoms with E-state index < -0.39 is 107 Å². The van der Waals surface area contributed by atoms with Gasteiger partial charge in [0.15, 0.2) is 0 Å². The molecule has 48 heavy (non-hydrogen) atoms. The van der Waals surface area contributed by atoms with E-state index in [0.717, 1.165) is 54.2 Å². The van der Waals surface area contributed by atoms with Gasteiger partial charge in [0.2, 0.25) is 0 Å². The first-order valence-electron chi connectivity index (χ1n) is 25.8. The molecule has 0 saturated heterocycles. The van der Waals surface area contributed by atoms with E-state index in [4.69, 9.17) is 16.4 Å². The molecule has 0 spiro atoms. The van der Waals surface area contributed by atoms with Gasteiger partial charge in [-0.25, -0.2) is 0 Å². The zero-order valence-corrected chi connectivity index (χ0v) is 27.8. The molecule has 0 amide bonds. The molecule has 3 aliphatic carbocycles. The first-order chi connectivity index (χ1) is 31.3. The molecular weight excluding hydrogens is 649 g/mol. The number of nitrogens with zero attached hydrogens (tertiary/aromatic N) is 3. The topological polar surface area (TPSA) is 38.7 Å². The number of fused-ring (bicyclic) bond motifs is 4. The summed E-state index contributed by atoms with van der Waals surface area (Å²) < 4.78 is 182. The molecule has 0 bridgehead atoms. The van der Waals surface area contributed by atoms with E-state index in [1.54, 1.807) is 12.1 Å². The van der Waals surface area contributed by atoms with Crippen LogP contribution < -0.4 is 0 Å². The molecule has 2 aromatic heterocycles. The minimum absolute atomic E-state index is 0.0572. The molecule has 4 unspecified atom stereocenters. The second-order valence-electron chi connectivity index (χ2n) is 11.9. The number of aromatic nitrogens is 3. The molecule has 2 heterocycles. The summed E-state index contributed by atoms with van der Waals surface area (Å²) in [6, 6.07) is 24.3. The fourth-order valence-electron chi connectivity index (χ4n) is 7.01. The van der Waals surface area contributed by atoms with E-state index in [1.807, 2.05) is 50.2 Å². The average molecular weight is 713 g/mol. The van der Waals surface area contributed by atoms with Gasteiger partial charge in [0.1, 0.15) is 0 Å². The van der Waals surface area contributed by atoms with Crippen LogP contribution in [0.1, 0.15) is 136 Å². The molecule has 240 valence electrons. The van der Waals surface area contributed by atoms with Gasteiger partial charge in [0, 0.05) is 0 Å². The quantitative estimate of drug-likeness (QED) is 0.167. The van der Waals surface area contributed by atoms with E-state index >= 15 is 0 Å². The normalized spacial score (nSPS) is 39.6. The van der Waals surface area contributed by atoms with Crippen LogP contribution in [0.5, 0.6) is 0 Å². The standard InChI is InChI=1S/C44H43N3Se/c1-27-25-36-32-20-10-9-19-31(32)26-37(36)39(28(27)2)41-35-23-13-14-24-38(35)48-44(41)34-22-12-11-21-33(34)43-40(29-15-5-3-6-16-29)42(45-47-46-43)30-17-7-4-8-18-30/h9-14,19-25,29-30H,3-8,15-18,26H2,1-2H3/i3D2,4D2,5D2,6D2,7D2,8D2,15D,16D2,17D,18D2,29D,30D. The summed E-state index contributed by atoms with van der Waals surface area (Å²) in [6.07, 6.45) is -36.7. The van der Waals surface area contributed by atoms with E-state index in [9.17, 15) is 11.0 Å². The summed E-state index contributed by atoms with van der Waals surface area (Å²) >= 11 is -0.553. The molecule has 3 aliphatic rings. The number of benzene rings is 4. The van der Waals surface area contributed by atoms with E-state index in [-0.39, 0.29) is 5.56 Å². The summed E-state index contributed by atoms with van der Waals surface area (Å²) in [5.74, 6) is -7.68.